The maximum absolute atomic E-state index is 5.54. The van der Waals surface area contributed by atoms with Crippen molar-refractivity contribution in [3.05, 3.63) is 36.4 Å². The molecule has 184 valence electrons. The molecule has 0 aliphatic rings. The van der Waals surface area contributed by atoms with E-state index in [9.17, 15) is 0 Å². The lowest BCUT2D eigenvalue weighted by Gasteiger charge is -2.08. The van der Waals surface area contributed by atoms with Crippen molar-refractivity contribution in [3.8, 4) is 0 Å². The van der Waals surface area contributed by atoms with Crippen LogP contribution in [0.5, 0.6) is 0 Å². The van der Waals surface area contributed by atoms with E-state index < -0.39 is 0 Å². The summed E-state index contributed by atoms with van der Waals surface area (Å²) in [5.41, 5.74) is 5.54. The van der Waals surface area contributed by atoms with E-state index in [4.69, 9.17) is 5.73 Å². The first-order valence-electron chi connectivity index (χ1n) is 11.4. The first kappa shape index (κ1) is 33.3. The van der Waals surface area contributed by atoms with Gasteiger partial charge in [0.2, 0.25) is 0 Å². The summed E-state index contributed by atoms with van der Waals surface area (Å²) in [6.45, 7) is 11.4. The van der Waals surface area contributed by atoms with Crippen molar-refractivity contribution in [1.82, 2.24) is 19.9 Å². The zero-order valence-electron chi connectivity index (χ0n) is 21.0. The Hall–Kier alpha value is -0.890. The van der Waals surface area contributed by atoms with Crippen LogP contribution in [0.2, 0.25) is 0 Å². The van der Waals surface area contributed by atoms with Gasteiger partial charge in [-0.1, -0.05) is 47.5 Å². The molecule has 2 unspecified atom stereocenters. The van der Waals surface area contributed by atoms with E-state index in [2.05, 4.69) is 40.7 Å². The Kier molecular flexibility index (Phi) is 22.8. The molecule has 2 atom stereocenters. The number of hydrogen-bond acceptors (Lipinski definition) is 7. The normalized spacial score (nSPS) is 11.8. The number of hydrogen-bond donors (Lipinski definition) is 1. The van der Waals surface area contributed by atoms with Gasteiger partial charge in [0.15, 0.2) is 0 Å². The fourth-order valence-electron chi connectivity index (χ4n) is 2.66. The molecule has 0 radical (unpaired) electrons. The molecular weight excluding hydrogens is 458 g/mol. The fraction of sp³-hybridized carbons (Fsp3) is 0.667. The minimum absolute atomic E-state index is 0. The number of aryl methyl sites for hydroxylation is 2. The number of rotatable bonds is 11. The second kappa shape index (κ2) is 21.9. The van der Waals surface area contributed by atoms with E-state index in [1.165, 1.54) is 19.3 Å². The van der Waals surface area contributed by atoms with Crippen molar-refractivity contribution in [2.24, 2.45) is 17.6 Å². The summed E-state index contributed by atoms with van der Waals surface area (Å²) in [4.78, 5) is 19.5. The highest BCUT2D eigenvalue weighted by atomic mass is 35.5. The highest BCUT2D eigenvalue weighted by molar-refractivity contribution is 7.98. The van der Waals surface area contributed by atoms with Gasteiger partial charge in [0.25, 0.3) is 0 Å². The molecule has 2 aromatic heterocycles. The summed E-state index contributed by atoms with van der Waals surface area (Å²) in [7, 11) is 0. The number of thioether (sulfide) groups is 2. The largest absolute Gasteiger partial charge is 0.330 e. The molecule has 0 fully saturated rings. The molecule has 2 aromatic rings. The molecule has 0 bridgehead atoms. The third-order valence-electron chi connectivity index (χ3n) is 4.74. The van der Waals surface area contributed by atoms with Crippen LogP contribution >= 0.6 is 35.9 Å². The molecule has 2 rings (SSSR count). The van der Waals surface area contributed by atoms with Gasteiger partial charge in [-0.05, 0) is 43.7 Å². The van der Waals surface area contributed by atoms with Crippen LogP contribution in [0.1, 0.15) is 72.0 Å². The molecule has 0 saturated heterocycles. The van der Waals surface area contributed by atoms with Crippen LogP contribution < -0.4 is 5.73 Å². The van der Waals surface area contributed by atoms with Gasteiger partial charge in [0.05, 0.1) is 0 Å². The van der Waals surface area contributed by atoms with Crippen LogP contribution in [-0.4, -0.2) is 39.0 Å². The van der Waals surface area contributed by atoms with Gasteiger partial charge in [-0.15, -0.1) is 35.9 Å². The minimum Gasteiger partial charge on any atom is -0.330 e. The van der Waals surface area contributed by atoms with Crippen molar-refractivity contribution in [1.29, 1.82) is 0 Å². The Morgan fingerprint density at radius 3 is 1.44 bits per heavy atom. The van der Waals surface area contributed by atoms with Gasteiger partial charge in [0, 0.05) is 47.4 Å². The number of nitrogens with two attached hydrogens (primary N) is 1. The molecule has 8 heteroatoms. The molecule has 0 aliphatic heterocycles. The van der Waals surface area contributed by atoms with Crippen LogP contribution in [-0.2, 0) is 12.8 Å². The van der Waals surface area contributed by atoms with E-state index in [1.807, 2.05) is 51.1 Å². The number of halogens is 1. The van der Waals surface area contributed by atoms with Gasteiger partial charge in [-0.3, -0.25) is 0 Å². The second-order valence-electron chi connectivity index (χ2n) is 7.39. The summed E-state index contributed by atoms with van der Waals surface area (Å²) in [5.74, 6) is 3.25. The SMILES string of the molecule is CC.CCCC(C)CCc1ncc(SC)cn1.CSc1cnc(CCC(C)CN)nc1.Cl. The lowest BCUT2D eigenvalue weighted by atomic mass is 10.0. The molecule has 0 saturated carbocycles. The van der Waals surface area contributed by atoms with Crippen molar-refractivity contribution >= 4 is 35.9 Å². The maximum atomic E-state index is 5.54. The third kappa shape index (κ3) is 15.8. The van der Waals surface area contributed by atoms with Crippen LogP contribution in [0, 0.1) is 11.8 Å². The molecule has 0 aromatic carbocycles. The van der Waals surface area contributed by atoms with Crippen molar-refractivity contribution in [2.45, 2.75) is 82.9 Å². The average molecular weight is 502 g/mol. The van der Waals surface area contributed by atoms with Gasteiger partial charge in [0.1, 0.15) is 11.6 Å². The molecule has 0 aliphatic carbocycles. The molecule has 2 N–H and O–H groups in total. The van der Waals surface area contributed by atoms with Crippen molar-refractivity contribution in [2.75, 3.05) is 19.1 Å². The fourth-order valence-corrected chi connectivity index (χ4v) is 3.29. The first-order chi connectivity index (χ1) is 15.0. The minimum atomic E-state index is 0. The lowest BCUT2D eigenvalue weighted by molar-refractivity contribution is 0.480. The average Bonchev–Trinajstić information content (AvgIpc) is 2.83. The van der Waals surface area contributed by atoms with Crippen LogP contribution in [0.4, 0.5) is 0 Å². The maximum Gasteiger partial charge on any atom is 0.128 e. The van der Waals surface area contributed by atoms with E-state index in [-0.39, 0.29) is 12.4 Å². The zero-order chi connectivity index (χ0) is 23.5. The van der Waals surface area contributed by atoms with E-state index in [0.29, 0.717) is 5.92 Å². The Labute approximate surface area is 211 Å². The predicted octanol–water partition coefficient (Wildman–Crippen LogP) is 6.74. The Morgan fingerprint density at radius 1 is 0.750 bits per heavy atom. The smallest absolute Gasteiger partial charge is 0.128 e. The third-order valence-corrected chi connectivity index (χ3v) is 6.10. The second-order valence-corrected chi connectivity index (χ2v) is 9.15. The van der Waals surface area contributed by atoms with Crippen molar-refractivity contribution < 1.29 is 0 Å². The zero-order valence-corrected chi connectivity index (χ0v) is 23.5. The van der Waals surface area contributed by atoms with E-state index >= 15 is 0 Å². The molecule has 0 spiro atoms. The molecule has 2 heterocycles. The summed E-state index contributed by atoms with van der Waals surface area (Å²) >= 11 is 3.35. The van der Waals surface area contributed by atoms with Crippen molar-refractivity contribution in [3.63, 3.8) is 0 Å². The molecule has 0 amide bonds. The molecular formula is C24H44ClN5S2. The topological polar surface area (TPSA) is 77.6 Å². The van der Waals surface area contributed by atoms with Crippen LogP contribution in [0.3, 0.4) is 0 Å². The van der Waals surface area contributed by atoms with Gasteiger partial charge in [-0.25, -0.2) is 19.9 Å². The first-order valence-corrected chi connectivity index (χ1v) is 13.9. The molecule has 32 heavy (non-hydrogen) atoms. The Bertz CT molecular complexity index is 656. The summed E-state index contributed by atoms with van der Waals surface area (Å²) < 4.78 is 0. The predicted molar refractivity (Wildman–Crippen MR) is 145 cm³/mol. The lowest BCUT2D eigenvalue weighted by Crippen LogP contribution is -2.12. The number of aromatic nitrogens is 4. The van der Waals surface area contributed by atoms with E-state index in [0.717, 1.165) is 53.2 Å². The summed E-state index contributed by atoms with van der Waals surface area (Å²) in [6, 6.07) is 0. The number of nitrogens with zero attached hydrogens (tertiary/aromatic N) is 4. The highest BCUT2D eigenvalue weighted by Gasteiger charge is 2.04. The summed E-state index contributed by atoms with van der Waals surface area (Å²) in [5, 5.41) is 0. The standard InChI is InChI=1S/C12H20N2S.C10H17N3S.C2H6.ClH/c1-4-5-10(2)6-7-12-13-8-11(15-3)9-14-12;1-8(5-11)3-4-10-12-6-9(14-2)7-13-10;1-2;/h8-10H,4-7H2,1-3H3;6-8H,3-5,11H2,1-2H3;1-2H3;1H. The Morgan fingerprint density at radius 2 is 1.12 bits per heavy atom. The Balaban J connectivity index is 0. The van der Waals surface area contributed by atoms with Gasteiger partial charge >= 0.3 is 0 Å². The quantitative estimate of drug-likeness (QED) is 0.341. The van der Waals surface area contributed by atoms with Gasteiger partial charge in [-0.2, -0.15) is 0 Å². The van der Waals surface area contributed by atoms with Gasteiger partial charge < -0.3 is 5.73 Å². The highest BCUT2D eigenvalue weighted by Crippen LogP contribution is 2.14. The van der Waals surface area contributed by atoms with Crippen LogP contribution in [0.25, 0.3) is 0 Å². The summed E-state index contributed by atoms with van der Waals surface area (Å²) in [6.07, 6.45) is 18.4. The van der Waals surface area contributed by atoms with Crippen LogP contribution in [0.15, 0.2) is 34.6 Å². The molecule has 5 nitrogen and oxygen atoms in total. The van der Waals surface area contributed by atoms with E-state index in [1.54, 1.807) is 23.5 Å². The monoisotopic (exact) mass is 501 g/mol.